The minimum absolute atomic E-state index is 0.137. The highest BCUT2D eigenvalue weighted by atomic mass is 32.2. The smallest absolute Gasteiger partial charge is 0.225 e. The predicted octanol–water partition coefficient (Wildman–Crippen LogP) is 3.16. The minimum Gasteiger partial charge on any atom is -0.395 e. The Morgan fingerprint density at radius 1 is 1.42 bits per heavy atom. The monoisotopic (exact) mass is 297 g/mol. The van der Waals surface area contributed by atoms with E-state index in [0.717, 1.165) is 28.2 Å². The van der Waals surface area contributed by atoms with E-state index in [2.05, 4.69) is 28.3 Å². The number of thiophene rings is 1. The standard InChI is InChI=1S/C13H19N3OS2/c1-4-9-6-10-11(18-8(3)7-17)15-13(14-5-2)16-12(10)19-9/h6,8,17H,4-5,7H2,1-3H3,(H,14,15,16). The molecule has 0 aromatic carbocycles. The topological polar surface area (TPSA) is 58.0 Å². The number of rotatable bonds is 6. The second-order valence-corrected chi connectivity index (χ2v) is 6.82. The maximum atomic E-state index is 9.21. The highest BCUT2D eigenvalue weighted by Crippen LogP contribution is 2.34. The Kier molecular flexibility index (Phi) is 5.01. The molecule has 0 bridgehead atoms. The molecule has 0 radical (unpaired) electrons. The third kappa shape index (κ3) is 3.38. The largest absolute Gasteiger partial charge is 0.395 e. The van der Waals surface area contributed by atoms with Crippen molar-refractivity contribution in [1.82, 2.24) is 9.97 Å². The molecule has 0 amide bonds. The molecule has 2 heterocycles. The van der Waals surface area contributed by atoms with Crippen molar-refractivity contribution < 1.29 is 5.11 Å². The zero-order valence-electron chi connectivity index (χ0n) is 11.4. The summed E-state index contributed by atoms with van der Waals surface area (Å²) in [6, 6.07) is 2.17. The second kappa shape index (κ2) is 6.54. The summed E-state index contributed by atoms with van der Waals surface area (Å²) in [6.07, 6.45) is 1.01. The zero-order chi connectivity index (χ0) is 13.8. The molecule has 104 valence electrons. The molecule has 2 aromatic heterocycles. The molecule has 1 atom stereocenters. The van der Waals surface area contributed by atoms with Gasteiger partial charge < -0.3 is 10.4 Å². The van der Waals surface area contributed by atoms with Gasteiger partial charge in [-0.25, -0.2) is 9.97 Å². The lowest BCUT2D eigenvalue weighted by Gasteiger charge is -2.09. The van der Waals surface area contributed by atoms with Crippen LogP contribution in [-0.4, -0.2) is 33.5 Å². The van der Waals surface area contributed by atoms with E-state index in [9.17, 15) is 5.11 Å². The van der Waals surface area contributed by atoms with E-state index in [0.29, 0.717) is 5.95 Å². The number of hydrogen-bond acceptors (Lipinski definition) is 6. The predicted molar refractivity (Wildman–Crippen MR) is 83.4 cm³/mol. The van der Waals surface area contributed by atoms with Crippen LogP contribution in [0.2, 0.25) is 0 Å². The molecule has 0 saturated carbocycles. The van der Waals surface area contributed by atoms with Crippen molar-refractivity contribution in [3.63, 3.8) is 0 Å². The molecule has 6 heteroatoms. The fourth-order valence-electron chi connectivity index (χ4n) is 1.67. The minimum atomic E-state index is 0.137. The van der Waals surface area contributed by atoms with Crippen LogP contribution >= 0.6 is 23.1 Å². The van der Waals surface area contributed by atoms with Gasteiger partial charge in [0.05, 0.1) is 6.61 Å². The average molecular weight is 297 g/mol. The molecule has 19 heavy (non-hydrogen) atoms. The lowest BCUT2D eigenvalue weighted by atomic mass is 10.3. The molecule has 2 rings (SSSR count). The van der Waals surface area contributed by atoms with E-state index < -0.39 is 0 Å². The summed E-state index contributed by atoms with van der Waals surface area (Å²) in [5.41, 5.74) is 0. The van der Waals surface area contributed by atoms with Gasteiger partial charge in [-0.3, -0.25) is 0 Å². The number of aliphatic hydroxyl groups is 1. The number of hydrogen-bond donors (Lipinski definition) is 2. The van der Waals surface area contributed by atoms with Crippen LogP contribution in [0.5, 0.6) is 0 Å². The van der Waals surface area contributed by atoms with Crippen molar-refractivity contribution in [2.45, 2.75) is 37.5 Å². The van der Waals surface area contributed by atoms with Crippen molar-refractivity contribution in [3.05, 3.63) is 10.9 Å². The summed E-state index contributed by atoms with van der Waals surface area (Å²) in [4.78, 5) is 11.5. The number of fused-ring (bicyclic) bond motifs is 1. The molecule has 4 nitrogen and oxygen atoms in total. The first-order valence-corrected chi connectivity index (χ1v) is 8.19. The molecule has 0 aliphatic rings. The summed E-state index contributed by atoms with van der Waals surface area (Å²) in [6.45, 7) is 7.13. The van der Waals surface area contributed by atoms with Crippen LogP contribution in [0.15, 0.2) is 11.1 Å². The van der Waals surface area contributed by atoms with Gasteiger partial charge in [0, 0.05) is 22.1 Å². The van der Waals surface area contributed by atoms with Crippen LogP contribution < -0.4 is 5.32 Å². The van der Waals surface area contributed by atoms with Crippen molar-refractivity contribution in [2.75, 3.05) is 18.5 Å². The third-order valence-electron chi connectivity index (χ3n) is 2.66. The quantitative estimate of drug-likeness (QED) is 0.633. The van der Waals surface area contributed by atoms with Gasteiger partial charge in [0.25, 0.3) is 0 Å². The first-order valence-electron chi connectivity index (χ1n) is 6.49. The summed E-state index contributed by atoms with van der Waals surface area (Å²) < 4.78 is 0. The summed E-state index contributed by atoms with van der Waals surface area (Å²) >= 11 is 3.32. The normalized spacial score (nSPS) is 12.8. The van der Waals surface area contributed by atoms with Gasteiger partial charge in [-0.2, -0.15) is 0 Å². The number of anilines is 1. The van der Waals surface area contributed by atoms with Crippen LogP contribution in [0.25, 0.3) is 10.2 Å². The van der Waals surface area contributed by atoms with Crippen LogP contribution in [0.3, 0.4) is 0 Å². The SMILES string of the molecule is CCNc1nc(SC(C)CO)c2cc(CC)sc2n1. The fraction of sp³-hybridized carbons (Fsp3) is 0.538. The highest BCUT2D eigenvalue weighted by Gasteiger charge is 2.14. The van der Waals surface area contributed by atoms with Gasteiger partial charge in [0.1, 0.15) is 9.86 Å². The third-order valence-corrected chi connectivity index (χ3v) is 4.92. The molecular formula is C13H19N3OS2. The zero-order valence-corrected chi connectivity index (χ0v) is 13.1. The Morgan fingerprint density at radius 3 is 2.84 bits per heavy atom. The molecule has 2 aromatic rings. The van der Waals surface area contributed by atoms with Crippen LogP contribution in [-0.2, 0) is 6.42 Å². The van der Waals surface area contributed by atoms with Gasteiger partial charge in [0.2, 0.25) is 5.95 Å². The van der Waals surface area contributed by atoms with Crippen LogP contribution in [0.4, 0.5) is 5.95 Å². The molecule has 2 N–H and O–H groups in total. The lowest BCUT2D eigenvalue weighted by Crippen LogP contribution is -2.05. The number of thioether (sulfide) groups is 1. The summed E-state index contributed by atoms with van der Waals surface area (Å²) in [7, 11) is 0. The van der Waals surface area contributed by atoms with Crippen LogP contribution in [0.1, 0.15) is 25.6 Å². The number of nitrogens with one attached hydrogen (secondary N) is 1. The number of nitrogens with zero attached hydrogens (tertiary/aromatic N) is 2. The number of aliphatic hydroxyl groups excluding tert-OH is 1. The van der Waals surface area contributed by atoms with Gasteiger partial charge in [-0.1, -0.05) is 13.8 Å². The second-order valence-electron chi connectivity index (χ2n) is 4.28. The Morgan fingerprint density at radius 2 is 2.21 bits per heavy atom. The van der Waals surface area contributed by atoms with E-state index in [1.165, 1.54) is 4.88 Å². The van der Waals surface area contributed by atoms with Crippen LogP contribution in [0, 0.1) is 0 Å². The summed E-state index contributed by atoms with van der Waals surface area (Å²) in [5.74, 6) is 0.673. The number of aromatic nitrogens is 2. The fourth-order valence-corrected chi connectivity index (χ4v) is 3.58. The van der Waals surface area contributed by atoms with Crippen molar-refractivity contribution in [3.8, 4) is 0 Å². The van der Waals surface area contributed by atoms with E-state index in [-0.39, 0.29) is 11.9 Å². The van der Waals surface area contributed by atoms with E-state index in [4.69, 9.17) is 0 Å². The van der Waals surface area contributed by atoms with Crippen molar-refractivity contribution in [1.29, 1.82) is 0 Å². The molecule has 0 fully saturated rings. The summed E-state index contributed by atoms with van der Waals surface area (Å²) in [5, 5.41) is 14.6. The molecule has 0 saturated heterocycles. The first-order chi connectivity index (χ1) is 9.17. The Hall–Kier alpha value is -0.850. The van der Waals surface area contributed by atoms with Crippen molar-refractivity contribution >= 4 is 39.3 Å². The molecule has 0 aliphatic heterocycles. The first kappa shape index (κ1) is 14.6. The molecule has 0 spiro atoms. The number of aryl methyl sites for hydroxylation is 1. The van der Waals surface area contributed by atoms with Gasteiger partial charge in [-0.05, 0) is 19.4 Å². The van der Waals surface area contributed by atoms with Gasteiger partial charge >= 0.3 is 0 Å². The van der Waals surface area contributed by atoms with E-state index in [1.807, 2.05) is 13.8 Å². The van der Waals surface area contributed by atoms with E-state index >= 15 is 0 Å². The Bertz CT molecular complexity index is 556. The van der Waals surface area contributed by atoms with Gasteiger partial charge in [0.15, 0.2) is 0 Å². The van der Waals surface area contributed by atoms with Gasteiger partial charge in [-0.15, -0.1) is 23.1 Å². The molecule has 1 unspecified atom stereocenters. The molecule has 0 aliphatic carbocycles. The lowest BCUT2D eigenvalue weighted by molar-refractivity contribution is 0.300. The Labute approximate surface area is 121 Å². The maximum Gasteiger partial charge on any atom is 0.225 e. The average Bonchev–Trinajstić information content (AvgIpc) is 2.82. The van der Waals surface area contributed by atoms with E-state index in [1.54, 1.807) is 23.1 Å². The van der Waals surface area contributed by atoms with Crippen molar-refractivity contribution in [2.24, 2.45) is 0 Å². The molecular weight excluding hydrogens is 278 g/mol. The highest BCUT2D eigenvalue weighted by molar-refractivity contribution is 8.00. The maximum absolute atomic E-state index is 9.21. The Balaban J connectivity index is 2.46.